The molecule has 1 unspecified atom stereocenters. The Hall–Kier alpha value is -2.82. The van der Waals surface area contributed by atoms with E-state index >= 15 is 0 Å². The molecule has 2 aromatic carbocycles. The molecule has 1 aliphatic heterocycles. The van der Waals surface area contributed by atoms with E-state index in [9.17, 15) is 0 Å². The molecule has 1 aliphatic rings. The molecular weight excluding hydrogens is 344 g/mol. The highest BCUT2D eigenvalue weighted by molar-refractivity contribution is 5.82. The average Bonchev–Trinajstić information content (AvgIpc) is 3.03. The minimum atomic E-state index is 0.203. The van der Waals surface area contributed by atoms with Crippen molar-refractivity contribution in [2.24, 2.45) is 0 Å². The van der Waals surface area contributed by atoms with Gasteiger partial charge >= 0.3 is 0 Å². The van der Waals surface area contributed by atoms with Gasteiger partial charge in [0.1, 0.15) is 0 Å². The van der Waals surface area contributed by atoms with E-state index in [0.29, 0.717) is 0 Å². The number of aromatic nitrogens is 2. The summed E-state index contributed by atoms with van der Waals surface area (Å²) < 4.78 is 0. The van der Waals surface area contributed by atoms with Gasteiger partial charge in [0.25, 0.3) is 0 Å². The van der Waals surface area contributed by atoms with Gasteiger partial charge in [-0.15, -0.1) is 0 Å². The van der Waals surface area contributed by atoms with Gasteiger partial charge in [-0.1, -0.05) is 30.3 Å². The van der Waals surface area contributed by atoms with Crippen LogP contribution in [0.2, 0.25) is 0 Å². The van der Waals surface area contributed by atoms with Gasteiger partial charge in [0.05, 0.1) is 11.6 Å². The van der Waals surface area contributed by atoms with Crippen LogP contribution in [-0.2, 0) is 0 Å². The van der Waals surface area contributed by atoms with Crippen molar-refractivity contribution in [2.75, 3.05) is 26.2 Å². The normalized spacial score (nSPS) is 16.9. The third kappa shape index (κ3) is 3.37. The van der Waals surface area contributed by atoms with Gasteiger partial charge in [0.2, 0.25) is 0 Å². The minimum absolute atomic E-state index is 0.203. The average molecular weight is 368 g/mol. The number of fused-ring (bicyclic) bond motifs is 2. The predicted molar refractivity (Wildman–Crippen MR) is 114 cm³/mol. The first-order valence-electron chi connectivity index (χ1n) is 10.0. The molecule has 28 heavy (non-hydrogen) atoms. The smallest absolute Gasteiger partial charge is 0.0702 e. The number of rotatable bonds is 3. The summed E-state index contributed by atoms with van der Waals surface area (Å²) in [6.45, 7) is 4.22. The summed E-state index contributed by atoms with van der Waals surface area (Å²) in [4.78, 5) is 11.6. The summed E-state index contributed by atoms with van der Waals surface area (Å²) >= 11 is 0. The Labute approximate surface area is 165 Å². The van der Waals surface area contributed by atoms with Gasteiger partial charge < -0.3 is 5.32 Å². The Balaban J connectivity index is 1.64. The van der Waals surface area contributed by atoms with Gasteiger partial charge in [0, 0.05) is 49.0 Å². The van der Waals surface area contributed by atoms with Crippen LogP contribution in [0.15, 0.2) is 73.2 Å². The quantitative estimate of drug-likeness (QED) is 0.589. The zero-order chi connectivity index (χ0) is 18.8. The number of benzene rings is 2. The third-order valence-electron chi connectivity index (χ3n) is 5.65. The lowest BCUT2D eigenvalue weighted by atomic mass is 9.95. The lowest BCUT2D eigenvalue weighted by Crippen LogP contribution is -2.33. The van der Waals surface area contributed by atoms with Crippen molar-refractivity contribution < 1.29 is 0 Å². The molecule has 1 N–H and O–H groups in total. The molecule has 1 fully saturated rings. The van der Waals surface area contributed by atoms with Crippen molar-refractivity contribution in [1.82, 2.24) is 20.2 Å². The standard InChI is InChI=1S/C24H24N4/c1-2-5-23-19(4-1)15-22(17-27-23)24(28-12-3-9-25-11-13-28)20-6-7-21-16-26-10-8-18(21)14-20/h1-2,4-8,10,14-17,24-25H,3,9,11-13H2. The van der Waals surface area contributed by atoms with Crippen LogP contribution >= 0.6 is 0 Å². The zero-order valence-corrected chi connectivity index (χ0v) is 15.9. The van der Waals surface area contributed by atoms with E-state index in [1.165, 1.54) is 27.3 Å². The maximum absolute atomic E-state index is 4.76. The second-order valence-corrected chi connectivity index (χ2v) is 7.49. The van der Waals surface area contributed by atoms with E-state index in [0.717, 1.165) is 38.1 Å². The van der Waals surface area contributed by atoms with E-state index in [2.05, 4.69) is 69.9 Å². The first-order valence-corrected chi connectivity index (χ1v) is 10.0. The number of nitrogens with zero attached hydrogens (tertiary/aromatic N) is 3. The topological polar surface area (TPSA) is 41.1 Å². The number of hydrogen-bond acceptors (Lipinski definition) is 4. The maximum Gasteiger partial charge on any atom is 0.0702 e. The monoisotopic (exact) mass is 368 g/mol. The van der Waals surface area contributed by atoms with E-state index in [1.54, 1.807) is 0 Å². The highest BCUT2D eigenvalue weighted by Gasteiger charge is 2.24. The van der Waals surface area contributed by atoms with E-state index in [1.807, 2.05) is 18.5 Å². The molecule has 0 radical (unpaired) electrons. The van der Waals surface area contributed by atoms with E-state index < -0.39 is 0 Å². The van der Waals surface area contributed by atoms with Gasteiger partial charge in [-0.05, 0) is 53.7 Å². The second kappa shape index (κ2) is 7.66. The molecule has 4 nitrogen and oxygen atoms in total. The summed E-state index contributed by atoms with van der Waals surface area (Å²) in [6.07, 6.45) is 7.02. The molecule has 1 saturated heterocycles. The van der Waals surface area contributed by atoms with Crippen molar-refractivity contribution in [2.45, 2.75) is 12.5 Å². The van der Waals surface area contributed by atoms with Crippen LogP contribution in [0.3, 0.4) is 0 Å². The van der Waals surface area contributed by atoms with Crippen molar-refractivity contribution in [3.8, 4) is 0 Å². The highest BCUT2D eigenvalue weighted by Crippen LogP contribution is 2.32. The molecule has 2 aromatic heterocycles. The number of para-hydroxylation sites is 1. The molecule has 0 saturated carbocycles. The summed E-state index contributed by atoms with van der Waals surface area (Å²) in [5.74, 6) is 0. The van der Waals surface area contributed by atoms with Gasteiger partial charge in [0.15, 0.2) is 0 Å². The molecule has 4 heteroatoms. The van der Waals surface area contributed by atoms with Crippen LogP contribution in [-0.4, -0.2) is 41.0 Å². The van der Waals surface area contributed by atoms with Crippen LogP contribution < -0.4 is 5.32 Å². The van der Waals surface area contributed by atoms with Crippen molar-refractivity contribution in [1.29, 1.82) is 0 Å². The molecule has 3 heterocycles. The molecule has 4 aromatic rings. The van der Waals surface area contributed by atoms with Crippen molar-refractivity contribution in [3.63, 3.8) is 0 Å². The first-order chi connectivity index (χ1) is 13.9. The Kier molecular flexibility index (Phi) is 4.73. The minimum Gasteiger partial charge on any atom is -0.315 e. The Morgan fingerprint density at radius 3 is 2.75 bits per heavy atom. The Bertz CT molecular complexity index is 1020. The van der Waals surface area contributed by atoms with Gasteiger partial charge in [-0.25, -0.2) is 0 Å². The van der Waals surface area contributed by atoms with E-state index in [4.69, 9.17) is 4.98 Å². The molecule has 5 rings (SSSR count). The molecular formula is C24H24N4. The molecule has 140 valence electrons. The van der Waals surface area contributed by atoms with Crippen LogP contribution in [0, 0.1) is 0 Å². The molecule has 0 aliphatic carbocycles. The van der Waals surface area contributed by atoms with E-state index in [-0.39, 0.29) is 6.04 Å². The Morgan fingerprint density at radius 1 is 0.821 bits per heavy atom. The van der Waals surface area contributed by atoms with Crippen molar-refractivity contribution >= 4 is 21.7 Å². The second-order valence-electron chi connectivity index (χ2n) is 7.49. The van der Waals surface area contributed by atoms with Crippen LogP contribution in [0.4, 0.5) is 0 Å². The largest absolute Gasteiger partial charge is 0.315 e. The molecule has 1 atom stereocenters. The lowest BCUT2D eigenvalue weighted by molar-refractivity contribution is 0.241. The van der Waals surface area contributed by atoms with Crippen LogP contribution in [0.5, 0.6) is 0 Å². The first kappa shape index (κ1) is 17.3. The number of nitrogens with one attached hydrogen (secondary N) is 1. The van der Waals surface area contributed by atoms with Gasteiger partial charge in [-0.2, -0.15) is 0 Å². The summed E-state index contributed by atoms with van der Waals surface area (Å²) in [7, 11) is 0. The summed E-state index contributed by atoms with van der Waals surface area (Å²) in [5.41, 5.74) is 3.62. The maximum atomic E-state index is 4.76. The molecule has 0 bridgehead atoms. The molecule has 0 amide bonds. The predicted octanol–water partition coefficient (Wildman–Crippen LogP) is 4.17. The Morgan fingerprint density at radius 2 is 1.75 bits per heavy atom. The van der Waals surface area contributed by atoms with Gasteiger partial charge in [-0.3, -0.25) is 14.9 Å². The summed E-state index contributed by atoms with van der Waals surface area (Å²) in [5, 5.41) is 7.14. The van der Waals surface area contributed by atoms with Crippen molar-refractivity contribution in [3.05, 3.63) is 84.3 Å². The number of pyridine rings is 2. The van der Waals surface area contributed by atoms with Crippen LogP contribution in [0.25, 0.3) is 21.7 Å². The van der Waals surface area contributed by atoms with Crippen LogP contribution in [0.1, 0.15) is 23.6 Å². The molecule has 0 spiro atoms. The highest BCUT2D eigenvalue weighted by atomic mass is 15.2. The zero-order valence-electron chi connectivity index (χ0n) is 15.9. The third-order valence-corrected chi connectivity index (χ3v) is 5.65. The summed E-state index contributed by atoms with van der Waals surface area (Å²) in [6, 6.07) is 19.7. The fraction of sp³-hybridized carbons (Fsp3) is 0.250. The lowest BCUT2D eigenvalue weighted by Gasteiger charge is -2.31. The fourth-order valence-electron chi connectivity index (χ4n) is 4.25. The number of hydrogen-bond donors (Lipinski definition) is 1. The SMILES string of the molecule is c1ccc2ncc(C(c3ccc4cnccc4c3)N3CCCNCC3)cc2c1. The fourth-order valence-corrected chi connectivity index (χ4v) is 4.25.